The van der Waals surface area contributed by atoms with Crippen LogP contribution < -0.4 is 0 Å². The van der Waals surface area contributed by atoms with Crippen molar-refractivity contribution >= 4 is 27.3 Å². The predicted molar refractivity (Wildman–Crippen MR) is 70.5 cm³/mol. The van der Waals surface area contributed by atoms with E-state index in [-0.39, 0.29) is 5.78 Å². The number of carbonyl (C=O) groups excluding carboxylic acids is 1. The van der Waals surface area contributed by atoms with Crippen LogP contribution in [-0.2, 0) is 0 Å². The van der Waals surface area contributed by atoms with Crippen molar-refractivity contribution in [3.8, 4) is 0 Å². The summed E-state index contributed by atoms with van der Waals surface area (Å²) in [6, 6.07) is 3.94. The Morgan fingerprint density at radius 3 is 3.12 bits per heavy atom. The van der Waals surface area contributed by atoms with Crippen LogP contribution in [0.2, 0.25) is 0 Å². The molecular weight excluding hydrogens is 230 g/mol. The number of ketones is 1. The SMILES string of the molecule is O=C(C1=CCCCC1)c1cnc2ccsc2c1. The quantitative estimate of drug-likeness (QED) is 0.747. The van der Waals surface area contributed by atoms with Crippen LogP contribution >= 0.6 is 11.3 Å². The van der Waals surface area contributed by atoms with E-state index in [2.05, 4.69) is 11.1 Å². The molecule has 0 aliphatic heterocycles. The van der Waals surface area contributed by atoms with Crippen LogP contribution in [0.4, 0.5) is 0 Å². The Hall–Kier alpha value is -1.48. The summed E-state index contributed by atoms with van der Waals surface area (Å²) < 4.78 is 1.09. The molecule has 0 atom stereocenters. The van der Waals surface area contributed by atoms with E-state index in [1.54, 1.807) is 17.5 Å². The number of hydrogen-bond acceptors (Lipinski definition) is 3. The highest BCUT2D eigenvalue weighted by Gasteiger charge is 2.15. The summed E-state index contributed by atoms with van der Waals surface area (Å²) in [7, 11) is 0. The molecule has 1 aliphatic rings. The second kappa shape index (κ2) is 4.41. The number of pyridine rings is 1. The molecule has 0 amide bonds. The highest BCUT2D eigenvalue weighted by molar-refractivity contribution is 7.17. The van der Waals surface area contributed by atoms with Gasteiger partial charge in [-0.05, 0) is 48.8 Å². The summed E-state index contributed by atoms with van der Waals surface area (Å²) in [4.78, 5) is 16.6. The van der Waals surface area contributed by atoms with E-state index in [0.717, 1.165) is 40.6 Å². The van der Waals surface area contributed by atoms with Crippen molar-refractivity contribution in [2.75, 3.05) is 0 Å². The minimum Gasteiger partial charge on any atom is -0.289 e. The normalized spacial score (nSPS) is 15.9. The van der Waals surface area contributed by atoms with E-state index in [1.807, 2.05) is 17.5 Å². The molecule has 0 fully saturated rings. The third-order valence-electron chi connectivity index (χ3n) is 3.15. The van der Waals surface area contributed by atoms with Gasteiger partial charge in [0, 0.05) is 11.8 Å². The molecule has 0 spiro atoms. The lowest BCUT2D eigenvalue weighted by molar-refractivity contribution is 0.102. The summed E-state index contributed by atoms with van der Waals surface area (Å²) >= 11 is 1.63. The van der Waals surface area contributed by atoms with Crippen molar-refractivity contribution in [3.05, 3.63) is 40.9 Å². The average Bonchev–Trinajstić information content (AvgIpc) is 2.86. The van der Waals surface area contributed by atoms with E-state index < -0.39 is 0 Å². The monoisotopic (exact) mass is 243 g/mol. The van der Waals surface area contributed by atoms with E-state index in [9.17, 15) is 4.79 Å². The molecule has 0 unspecified atom stereocenters. The molecule has 2 nitrogen and oxygen atoms in total. The van der Waals surface area contributed by atoms with E-state index in [1.165, 1.54) is 6.42 Å². The minimum atomic E-state index is 0.160. The number of fused-ring (bicyclic) bond motifs is 1. The average molecular weight is 243 g/mol. The summed E-state index contributed by atoms with van der Waals surface area (Å²) in [5.74, 6) is 0.160. The Kier molecular flexibility index (Phi) is 2.77. The van der Waals surface area contributed by atoms with Gasteiger partial charge in [-0.25, -0.2) is 0 Å². The Labute approximate surface area is 104 Å². The number of thiophene rings is 1. The molecule has 86 valence electrons. The predicted octanol–water partition coefficient (Wildman–Crippen LogP) is 3.98. The summed E-state index contributed by atoms with van der Waals surface area (Å²) in [6.45, 7) is 0. The van der Waals surface area contributed by atoms with Crippen molar-refractivity contribution in [2.24, 2.45) is 0 Å². The van der Waals surface area contributed by atoms with E-state index in [4.69, 9.17) is 0 Å². The molecule has 2 aromatic heterocycles. The smallest absolute Gasteiger partial charge is 0.190 e. The van der Waals surface area contributed by atoms with Crippen LogP contribution in [0, 0.1) is 0 Å². The number of aromatic nitrogens is 1. The first kappa shape index (κ1) is 10.7. The molecule has 1 aliphatic carbocycles. The molecule has 0 aromatic carbocycles. The lowest BCUT2D eigenvalue weighted by Gasteiger charge is -2.11. The highest BCUT2D eigenvalue weighted by atomic mass is 32.1. The van der Waals surface area contributed by atoms with E-state index in [0.29, 0.717) is 0 Å². The lowest BCUT2D eigenvalue weighted by atomic mass is 9.94. The molecule has 3 rings (SSSR count). The number of hydrogen-bond donors (Lipinski definition) is 0. The van der Waals surface area contributed by atoms with Gasteiger partial charge in [0.25, 0.3) is 0 Å². The Balaban J connectivity index is 1.97. The van der Waals surface area contributed by atoms with Crippen molar-refractivity contribution in [1.29, 1.82) is 0 Å². The molecule has 0 N–H and O–H groups in total. The van der Waals surface area contributed by atoms with Gasteiger partial charge in [0.1, 0.15) is 0 Å². The van der Waals surface area contributed by atoms with Gasteiger partial charge in [-0.2, -0.15) is 0 Å². The fraction of sp³-hybridized carbons (Fsp3) is 0.286. The second-order valence-electron chi connectivity index (χ2n) is 4.33. The van der Waals surface area contributed by atoms with Crippen LogP contribution in [-0.4, -0.2) is 10.8 Å². The number of nitrogens with zero attached hydrogens (tertiary/aromatic N) is 1. The maximum atomic E-state index is 12.3. The van der Waals surface area contributed by atoms with Gasteiger partial charge in [-0.1, -0.05) is 6.08 Å². The number of carbonyl (C=O) groups is 1. The third-order valence-corrected chi connectivity index (χ3v) is 4.00. The summed E-state index contributed by atoms with van der Waals surface area (Å²) in [5.41, 5.74) is 2.67. The number of rotatable bonds is 2. The van der Waals surface area contributed by atoms with Crippen molar-refractivity contribution in [2.45, 2.75) is 25.7 Å². The molecule has 0 saturated heterocycles. The van der Waals surface area contributed by atoms with Gasteiger partial charge in [0.05, 0.1) is 10.2 Å². The zero-order valence-electron chi connectivity index (χ0n) is 9.48. The largest absolute Gasteiger partial charge is 0.289 e. The first-order valence-electron chi connectivity index (χ1n) is 5.91. The van der Waals surface area contributed by atoms with Crippen LogP contribution in [0.25, 0.3) is 10.2 Å². The molecule has 3 heteroatoms. The number of allylic oxidation sites excluding steroid dienone is 2. The zero-order chi connectivity index (χ0) is 11.7. The Morgan fingerprint density at radius 2 is 2.29 bits per heavy atom. The van der Waals surface area contributed by atoms with Gasteiger partial charge in [-0.3, -0.25) is 9.78 Å². The summed E-state index contributed by atoms with van der Waals surface area (Å²) in [6.07, 6.45) is 8.08. The molecule has 2 heterocycles. The van der Waals surface area contributed by atoms with Crippen LogP contribution in [0.3, 0.4) is 0 Å². The van der Waals surface area contributed by atoms with Gasteiger partial charge in [-0.15, -0.1) is 11.3 Å². The van der Waals surface area contributed by atoms with Gasteiger partial charge < -0.3 is 0 Å². The zero-order valence-corrected chi connectivity index (χ0v) is 10.3. The molecule has 0 bridgehead atoms. The maximum absolute atomic E-state index is 12.3. The van der Waals surface area contributed by atoms with E-state index >= 15 is 0 Å². The van der Waals surface area contributed by atoms with Crippen LogP contribution in [0.5, 0.6) is 0 Å². The topological polar surface area (TPSA) is 30.0 Å². The van der Waals surface area contributed by atoms with Gasteiger partial charge in [0.15, 0.2) is 5.78 Å². The van der Waals surface area contributed by atoms with Crippen LogP contribution in [0.1, 0.15) is 36.0 Å². The first-order chi connectivity index (χ1) is 8.34. The Bertz CT molecular complexity index is 597. The second-order valence-corrected chi connectivity index (χ2v) is 5.28. The fourth-order valence-electron chi connectivity index (χ4n) is 2.20. The van der Waals surface area contributed by atoms with Gasteiger partial charge in [0.2, 0.25) is 0 Å². The van der Waals surface area contributed by atoms with Crippen molar-refractivity contribution < 1.29 is 4.79 Å². The molecular formula is C14H13NOS. The highest BCUT2D eigenvalue weighted by Crippen LogP contribution is 2.24. The van der Waals surface area contributed by atoms with Crippen molar-refractivity contribution in [1.82, 2.24) is 4.98 Å². The molecule has 0 saturated carbocycles. The van der Waals surface area contributed by atoms with Gasteiger partial charge >= 0.3 is 0 Å². The first-order valence-corrected chi connectivity index (χ1v) is 6.79. The summed E-state index contributed by atoms with van der Waals surface area (Å²) in [5, 5.41) is 2.01. The van der Waals surface area contributed by atoms with Crippen LogP contribution in [0.15, 0.2) is 35.4 Å². The lowest BCUT2D eigenvalue weighted by Crippen LogP contribution is -2.06. The molecule has 0 radical (unpaired) electrons. The maximum Gasteiger partial charge on any atom is 0.190 e. The minimum absolute atomic E-state index is 0.160. The standard InChI is InChI=1S/C14H13NOS/c16-14(10-4-2-1-3-5-10)11-8-13-12(15-9-11)6-7-17-13/h4,6-9H,1-3,5H2. The molecule has 17 heavy (non-hydrogen) atoms. The van der Waals surface area contributed by atoms with Crippen molar-refractivity contribution in [3.63, 3.8) is 0 Å². The third kappa shape index (κ3) is 2.03. The number of Topliss-reactive ketones (excluding diaryl/α,β-unsaturated/α-hetero) is 1. The fourth-order valence-corrected chi connectivity index (χ4v) is 2.98. The Morgan fingerprint density at radius 1 is 1.35 bits per heavy atom. The molecule has 2 aromatic rings.